The van der Waals surface area contributed by atoms with E-state index in [2.05, 4.69) is 15.5 Å². The van der Waals surface area contributed by atoms with Gasteiger partial charge in [-0.1, -0.05) is 0 Å². The van der Waals surface area contributed by atoms with Crippen LogP contribution < -0.4 is 10.6 Å². The number of amides is 2. The molecular formula is C18H29N3O3. The van der Waals surface area contributed by atoms with E-state index in [1.54, 1.807) is 6.26 Å². The maximum atomic E-state index is 12.2. The second-order valence-corrected chi connectivity index (χ2v) is 6.79. The number of furan rings is 1. The summed E-state index contributed by atoms with van der Waals surface area (Å²) in [4.78, 5) is 26.5. The van der Waals surface area contributed by atoms with Crippen molar-refractivity contribution >= 4 is 11.8 Å². The summed E-state index contributed by atoms with van der Waals surface area (Å²) >= 11 is 0. The summed E-state index contributed by atoms with van der Waals surface area (Å²) < 4.78 is 5.21. The molecular weight excluding hydrogens is 306 g/mol. The lowest BCUT2D eigenvalue weighted by Crippen LogP contribution is -2.38. The Balaban J connectivity index is 1.63. The number of nitrogens with one attached hydrogen (secondary N) is 2. The lowest BCUT2D eigenvalue weighted by atomic mass is 9.81. The topological polar surface area (TPSA) is 74.6 Å². The van der Waals surface area contributed by atoms with Crippen LogP contribution in [0.2, 0.25) is 0 Å². The van der Waals surface area contributed by atoms with Crippen LogP contribution in [0.15, 0.2) is 22.8 Å². The number of hydrogen-bond donors (Lipinski definition) is 2. The second-order valence-electron chi connectivity index (χ2n) is 6.79. The molecule has 0 aliphatic heterocycles. The first-order chi connectivity index (χ1) is 11.6. The Morgan fingerprint density at radius 3 is 2.29 bits per heavy atom. The van der Waals surface area contributed by atoms with Gasteiger partial charge in [0.05, 0.1) is 12.8 Å². The van der Waals surface area contributed by atoms with Gasteiger partial charge in [0.1, 0.15) is 5.76 Å². The smallest absolute Gasteiger partial charge is 0.223 e. The monoisotopic (exact) mass is 335 g/mol. The molecule has 1 aliphatic carbocycles. The quantitative estimate of drug-likeness (QED) is 0.710. The molecule has 2 N–H and O–H groups in total. The van der Waals surface area contributed by atoms with E-state index in [1.807, 2.05) is 26.2 Å². The molecule has 1 aliphatic rings. The zero-order valence-corrected chi connectivity index (χ0v) is 14.7. The predicted octanol–water partition coefficient (Wildman–Crippen LogP) is 1.77. The SMILES string of the molecule is CN(C)CCCNC(=O)C1CCC(C(=O)NCc2ccco2)CC1. The van der Waals surface area contributed by atoms with Crippen molar-refractivity contribution < 1.29 is 14.0 Å². The van der Waals surface area contributed by atoms with Crippen LogP contribution >= 0.6 is 0 Å². The van der Waals surface area contributed by atoms with Gasteiger partial charge < -0.3 is 20.0 Å². The normalized spacial score (nSPS) is 20.8. The average Bonchev–Trinajstić information content (AvgIpc) is 3.10. The van der Waals surface area contributed by atoms with Crippen molar-refractivity contribution in [2.45, 2.75) is 38.6 Å². The van der Waals surface area contributed by atoms with Gasteiger partial charge in [-0.15, -0.1) is 0 Å². The zero-order valence-electron chi connectivity index (χ0n) is 14.7. The highest BCUT2D eigenvalue weighted by Gasteiger charge is 2.29. The minimum atomic E-state index is 0.0118. The van der Waals surface area contributed by atoms with Crippen LogP contribution in [0.25, 0.3) is 0 Å². The fourth-order valence-corrected chi connectivity index (χ4v) is 3.10. The molecule has 1 fully saturated rings. The molecule has 0 bridgehead atoms. The maximum Gasteiger partial charge on any atom is 0.223 e. The van der Waals surface area contributed by atoms with Crippen LogP contribution in [0.1, 0.15) is 37.9 Å². The summed E-state index contributed by atoms with van der Waals surface area (Å²) in [7, 11) is 4.06. The van der Waals surface area contributed by atoms with Crippen molar-refractivity contribution in [3.05, 3.63) is 24.2 Å². The van der Waals surface area contributed by atoms with E-state index in [0.29, 0.717) is 6.54 Å². The number of carbonyl (C=O) groups excluding carboxylic acids is 2. The third-order valence-corrected chi connectivity index (χ3v) is 4.57. The predicted molar refractivity (Wildman–Crippen MR) is 92.2 cm³/mol. The van der Waals surface area contributed by atoms with Crippen molar-refractivity contribution in [1.29, 1.82) is 0 Å². The lowest BCUT2D eigenvalue weighted by Gasteiger charge is -2.27. The number of hydrogen-bond acceptors (Lipinski definition) is 4. The number of rotatable bonds is 8. The van der Waals surface area contributed by atoms with Crippen LogP contribution in [0.3, 0.4) is 0 Å². The minimum Gasteiger partial charge on any atom is -0.467 e. The Bertz CT molecular complexity index is 506. The first kappa shape index (κ1) is 18.5. The highest BCUT2D eigenvalue weighted by atomic mass is 16.3. The molecule has 0 aromatic carbocycles. The maximum absolute atomic E-state index is 12.2. The van der Waals surface area contributed by atoms with Crippen molar-refractivity contribution in [2.75, 3.05) is 27.2 Å². The molecule has 0 spiro atoms. The van der Waals surface area contributed by atoms with Crippen molar-refractivity contribution in [1.82, 2.24) is 15.5 Å². The Hall–Kier alpha value is -1.82. The van der Waals surface area contributed by atoms with Crippen molar-refractivity contribution in [3.63, 3.8) is 0 Å². The van der Waals surface area contributed by atoms with Crippen LogP contribution in [-0.2, 0) is 16.1 Å². The van der Waals surface area contributed by atoms with E-state index in [-0.39, 0.29) is 23.7 Å². The van der Waals surface area contributed by atoms with E-state index in [1.165, 1.54) is 0 Å². The van der Waals surface area contributed by atoms with Gasteiger partial charge in [0.2, 0.25) is 11.8 Å². The van der Waals surface area contributed by atoms with Crippen molar-refractivity contribution in [2.24, 2.45) is 11.8 Å². The molecule has 134 valence electrons. The van der Waals surface area contributed by atoms with Gasteiger partial charge in [-0.05, 0) is 64.9 Å². The van der Waals surface area contributed by atoms with Crippen molar-refractivity contribution in [3.8, 4) is 0 Å². The second kappa shape index (κ2) is 9.47. The molecule has 2 rings (SSSR count). The molecule has 1 aromatic heterocycles. The molecule has 0 saturated heterocycles. The molecule has 0 radical (unpaired) electrons. The Morgan fingerprint density at radius 2 is 1.75 bits per heavy atom. The first-order valence-corrected chi connectivity index (χ1v) is 8.79. The molecule has 0 unspecified atom stereocenters. The van der Waals surface area contributed by atoms with E-state index < -0.39 is 0 Å². The van der Waals surface area contributed by atoms with Gasteiger partial charge in [-0.25, -0.2) is 0 Å². The first-order valence-electron chi connectivity index (χ1n) is 8.79. The van der Waals surface area contributed by atoms with Crippen LogP contribution in [0.4, 0.5) is 0 Å². The Labute approximate surface area is 144 Å². The van der Waals surface area contributed by atoms with Gasteiger partial charge in [0.15, 0.2) is 0 Å². The largest absolute Gasteiger partial charge is 0.467 e. The fraction of sp³-hybridized carbons (Fsp3) is 0.667. The summed E-state index contributed by atoms with van der Waals surface area (Å²) in [5, 5.41) is 5.93. The summed E-state index contributed by atoms with van der Waals surface area (Å²) in [6.45, 7) is 2.13. The molecule has 1 aromatic rings. The standard InChI is InChI=1S/C18H29N3O3/c1-21(2)11-4-10-19-17(22)14-6-8-15(9-7-14)18(23)20-13-16-5-3-12-24-16/h3,5,12,14-15H,4,6-11,13H2,1-2H3,(H,19,22)(H,20,23). The van der Waals surface area contributed by atoms with Gasteiger partial charge >= 0.3 is 0 Å². The molecule has 0 atom stereocenters. The van der Waals surface area contributed by atoms with E-state index in [0.717, 1.165) is 51.0 Å². The van der Waals surface area contributed by atoms with Gasteiger partial charge in [0, 0.05) is 18.4 Å². The number of nitrogens with zero attached hydrogens (tertiary/aromatic N) is 1. The van der Waals surface area contributed by atoms with E-state index in [4.69, 9.17) is 4.42 Å². The molecule has 6 heteroatoms. The summed E-state index contributed by atoms with van der Waals surface area (Å²) in [5.41, 5.74) is 0. The third-order valence-electron chi connectivity index (χ3n) is 4.57. The molecule has 2 amide bonds. The minimum absolute atomic E-state index is 0.0118. The molecule has 6 nitrogen and oxygen atoms in total. The summed E-state index contributed by atoms with van der Waals surface area (Å²) in [6.07, 6.45) is 5.70. The van der Waals surface area contributed by atoms with E-state index >= 15 is 0 Å². The highest BCUT2D eigenvalue weighted by Crippen LogP contribution is 2.29. The molecule has 1 heterocycles. The lowest BCUT2D eigenvalue weighted by molar-refractivity contribution is -0.130. The number of carbonyl (C=O) groups is 2. The summed E-state index contributed by atoms with van der Waals surface area (Å²) in [6, 6.07) is 3.65. The fourth-order valence-electron chi connectivity index (χ4n) is 3.10. The molecule has 1 saturated carbocycles. The Morgan fingerprint density at radius 1 is 1.12 bits per heavy atom. The van der Waals surface area contributed by atoms with Crippen LogP contribution in [0.5, 0.6) is 0 Å². The van der Waals surface area contributed by atoms with Gasteiger partial charge in [0.25, 0.3) is 0 Å². The van der Waals surface area contributed by atoms with Crippen LogP contribution in [0, 0.1) is 11.8 Å². The average molecular weight is 335 g/mol. The van der Waals surface area contributed by atoms with E-state index in [9.17, 15) is 9.59 Å². The third kappa shape index (κ3) is 6.00. The zero-order chi connectivity index (χ0) is 17.4. The van der Waals surface area contributed by atoms with Gasteiger partial charge in [-0.2, -0.15) is 0 Å². The highest BCUT2D eigenvalue weighted by molar-refractivity contribution is 5.81. The van der Waals surface area contributed by atoms with Crippen LogP contribution in [-0.4, -0.2) is 43.9 Å². The van der Waals surface area contributed by atoms with Gasteiger partial charge in [-0.3, -0.25) is 9.59 Å². The molecule has 24 heavy (non-hydrogen) atoms. The summed E-state index contributed by atoms with van der Waals surface area (Å²) in [5.74, 6) is 1.03. The Kier molecular flexibility index (Phi) is 7.31.